The highest BCUT2D eigenvalue weighted by Crippen LogP contribution is 2.27. The summed E-state index contributed by atoms with van der Waals surface area (Å²) in [4.78, 5) is 23.0. The molecule has 0 saturated heterocycles. The molecule has 0 aliphatic rings. The Hall–Kier alpha value is -1.60. The number of urea groups is 1. The number of benzene rings is 1. The van der Waals surface area contributed by atoms with E-state index in [4.69, 9.17) is 21.4 Å². The average molecular weight is 333 g/mol. The van der Waals surface area contributed by atoms with E-state index in [9.17, 15) is 9.59 Å². The third-order valence-corrected chi connectivity index (χ3v) is 3.50. The lowest BCUT2D eigenvalue weighted by Crippen LogP contribution is -2.43. The van der Waals surface area contributed by atoms with Crippen LogP contribution in [0.3, 0.4) is 0 Å². The van der Waals surface area contributed by atoms with Gasteiger partial charge in [-0.25, -0.2) is 9.59 Å². The number of rotatable bonds is 7. The van der Waals surface area contributed by atoms with Crippen molar-refractivity contribution in [3.63, 3.8) is 0 Å². The van der Waals surface area contributed by atoms with E-state index in [2.05, 4.69) is 10.6 Å². The van der Waals surface area contributed by atoms with Crippen molar-refractivity contribution in [2.45, 2.75) is 12.5 Å². The van der Waals surface area contributed by atoms with E-state index in [0.29, 0.717) is 28.6 Å². The van der Waals surface area contributed by atoms with Gasteiger partial charge in [0.2, 0.25) is 0 Å². The van der Waals surface area contributed by atoms with Crippen LogP contribution in [0.25, 0.3) is 0 Å². The zero-order chi connectivity index (χ0) is 15.8. The van der Waals surface area contributed by atoms with Gasteiger partial charge in [0.25, 0.3) is 0 Å². The topological polar surface area (TPSA) is 87.7 Å². The van der Waals surface area contributed by atoms with Crippen LogP contribution in [0.4, 0.5) is 10.5 Å². The number of carboxylic acids is 1. The summed E-state index contributed by atoms with van der Waals surface area (Å²) in [5, 5.41) is 14.4. The molecule has 0 aromatic heterocycles. The van der Waals surface area contributed by atoms with Crippen LogP contribution in [0, 0.1) is 0 Å². The third kappa shape index (κ3) is 5.73. The Morgan fingerprint density at radius 3 is 2.76 bits per heavy atom. The summed E-state index contributed by atoms with van der Waals surface area (Å²) in [6, 6.07) is 3.20. The standard InChI is InChI=1S/C13H17ClN2O4S/c1-20-11-4-3-8(14)7-10(11)16-13(19)15-9(12(17)18)5-6-21-2/h3-4,7,9H,5-6H2,1-2H3,(H,17,18)(H2,15,16,19). The van der Waals surface area contributed by atoms with Crippen LogP contribution >= 0.6 is 23.4 Å². The van der Waals surface area contributed by atoms with E-state index < -0.39 is 18.0 Å². The van der Waals surface area contributed by atoms with E-state index >= 15 is 0 Å². The lowest BCUT2D eigenvalue weighted by atomic mass is 10.2. The molecule has 1 atom stereocenters. The monoisotopic (exact) mass is 332 g/mol. The fourth-order valence-corrected chi connectivity index (χ4v) is 2.23. The maximum absolute atomic E-state index is 11.9. The maximum atomic E-state index is 11.9. The number of thioether (sulfide) groups is 1. The summed E-state index contributed by atoms with van der Waals surface area (Å²) in [5.41, 5.74) is 0.372. The van der Waals surface area contributed by atoms with Gasteiger partial charge in [0.05, 0.1) is 12.8 Å². The molecular formula is C13H17ClN2O4S. The Bertz CT molecular complexity index is 513. The van der Waals surface area contributed by atoms with Crippen molar-refractivity contribution in [2.75, 3.05) is 24.4 Å². The molecule has 3 N–H and O–H groups in total. The molecule has 0 aliphatic heterocycles. The number of anilines is 1. The fraction of sp³-hybridized carbons (Fsp3) is 0.385. The second kappa shape index (κ2) is 8.63. The number of carbonyl (C=O) groups is 2. The highest BCUT2D eigenvalue weighted by atomic mass is 35.5. The summed E-state index contributed by atoms with van der Waals surface area (Å²) in [5.74, 6) is 0.000341. The summed E-state index contributed by atoms with van der Waals surface area (Å²) >= 11 is 7.37. The quantitative estimate of drug-likeness (QED) is 0.714. The zero-order valence-electron chi connectivity index (χ0n) is 11.7. The second-order valence-corrected chi connectivity index (χ2v) is 5.54. The van der Waals surface area contributed by atoms with Crippen LogP contribution in [-0.4, -0.2) is 42.3 Å². The Balaban J connectivity index is 2.71. The second-order valence-electron chi connectivity index (χ2n) is 4.12. The van der Waals surface area contributed by atoms with Gasteiger partial charge in [0, 0.05) is 5.02 Å². The van der Waals surface area contributed by atoms with Gasteiger partial charge in [-0.3, -0.25) is 0 Å². The van der Waals surface area contributed by atoms with E-state index in [-0.39, 0.29) is 0 Å². The molecule has 116 valence electrons. The van der Waals surface area contributed by atoms with Gasteiger partial charge in [0.15, 0.2) is 0 Å². The van der Waals surface area contributed by atoms with Crippen LogP contribution in [0.5, 0.6) is 5.75 Å². The van der Waals surface area contributed by atoms with E-state index in [1.807, 2.05) is 6.26 Å². The van der Waals surface area contributed by atoms with Crippen LogP contribution in [0.2, 0.25) is 5.02 Å². The van der Waals surface area contributed by atoms with E-state index in [1.54, 1.807) is 12.1 Å². The summed E-state index contributed by atoms with van der Waals surface area (Å²) in [6.45, 7) is 0. The molecular weight excluding hydrogens is 316 g/mol. The predicted octanol–water partition coefficient (Wildman–Crippen LogP) is 2.68. The van der Waals surface area contributed by atoms with Crippen molar-refractivity contribution in [1.82, 2.24) is 5.32 Å². The molecule has 0 saturated carbocycles. The number of halogens is 1. The van der Waals surface area contributed by atoms with Gasteiger partial charge in [-0.15, -0.1) is 0 Å². The van der Waals surface area contributed by atoms with Crippen LogP contribution < -0.4 is 15.4 Å². The molecule has 0 aliphatic carbocycles. The highest BCUT2D eigenvalue weighted by Gasteiger charge is 2.20. The lowest BCUT2D eigenvalue weighted by molar-refractivity contribution is -0.139. The minimum Gasteiger partial charge on any atom is -0.495 e. The highest BCUT2D eigenvalue weighted by molar-refractivity contribution is 7.98. The number of hydrogen-bond donors (Lipinski definition) is 3. The molecule has 1 unspecified atom stereocenters. The maximum Gasteiger partial charge on any atom is 0.326 e. The Morgan fingerprint density at radius 2 is 2.19 bits per heavy atom. The Morgan fingerprint density at radius 1 is 1.48 bits per heavy atom. The molecule has 0 fully saturated rings. The van der Waals surface area contributed by atoms with Gasteiger partial charge in [-0.2, -0.15) is 11.8 Å². The van der Waals surface area contributed by atoms with Crippen molar-refractivity contribution in [2.24, 2.45) is 0 Å². The molecule has 1 aromatic rings. The van der Waals surface area contributed by atoms with Gasteiger partial charge in [-0.05, 0) is 36.6 Å². The first-order valence-corrected chi connectivity index (χ1v) is 7.88. The SMILES string of the molecule is COc1ccc(Cl)cc1NC(=O)NC(CCSC)C(=O)O. The van der Waals surface area contributed by atoms with Crippen LogP contribution in [-0.2, 0) is 4.79 Å². The number of aliphatic carboxylic acids is 1. The first-order chi connectivity index (χ1) is 9.97. The number of carboxylic acid groups (broad SMARTS) is 1. The van der Waals surface area contributed by atoms with Crippen molar-refractivity contribution in [3.05, 3.63) is 23.2 Å². The normalized spacial score (nSPS) is 11.6. The molecule has 1 rings (SSSR count). The number of ether oxygens (including phenoxy) is 1. The van der Waals surface area contributed by atoms with Crippen LogP contribution in [0.15, 0.2) is 18.2 Å². The number of hydrogen-bond acceptors (Lipinski definition) is 4. The first kappa shape index (κ1) is 17.5. The van der Waals surface area contributed by atoms with Crippen molar-refractivity contribution < 1.29 is 19.4 Å². The summed E-state index contributed by atoms with van der Waals surface area (Å²) in [6.07, 6.45) is 2.21. The van der Waals surface area contributed by atoms with Crippen molar-refractivity contribution in [3.8, 4) is 5.75 Å². The average Bonchev–Trinajstić information content (AvgIpc) is 2.43. The molecule has 21 heavy (non-hydrogen) atoms. The molecule has 0 radical (unpaired) electrons. The van der Waals surface area contributed by atoms with Gasteiger partial charge in [0.1, 0.15) is 11.8 Å². The minimum absolute atomic E-state index is 0.344. The Labute approximate surface area is 132 Å². The van der Waals surface area contributed by atoms with Crippen LogP contribution in [0.1, 0.15) is 6.42 Å². The van der Waals surface area contributed by atoms with E-state index in [1.165, 1.54) is 24.9 Å². The Kier molecular flexibility index (Phi) is 7.18. The smallest absolute Gasteiger partial charge is 0.326 e. The van der Waals surface area contributed by atoms with Gasteiger partial charge >= 0.3 is 12.0 Å². The van der Waals surface area contributed by atoms with Gasteiger partial charge < -0.3 is 20.5 Å². The lowest BCUT2D eigenvalue weighted by Gasteiger charge is -2.16. The number of nitrogens with one attached hydrogen (secondary N) is 2. The molecule has 0 bridgehead atoms. The fourth-order valence-electron chi connectivity index (χ4n) is 1.59. The number of carbonyl (C=O) groups excluding carboxylic acids is 1. The predicted molar refractivity (Wildman–Crippen MR) is 84.6 cm³/mol. The van der Waals surface area contributed by atoms with E-state index in [0.717, 1.165) is 0 Å². The number of amides is 2. The minimum atomic E-state index is -1.07. The van der Waals surface area contributed by atoms with Crippen molar-refractivity contribution >= 4 is 41.1 Å². The molecule has 2 amide bonds. The van der Waals surface area contributed by atoms with Crippen molar-refractivity contribution in [1.29, 1.82) is 0 Å². The molecule has 6 nitrogen and oxygen atoms in total. The third-order valence-electron chi connectivity index (χ3n) is 2.62. The summed E-state index contributed by atoms with van der Waals surface area (Å²) < 4.78 is 5.10. The molecule has 8 heteroatoms. The number of methoxy groups -OCH3 is 1. The van der Waals surface area contributed by atoms with Gasteiger partial charge in [-0.1, -0.05) is 11.6 Å². The molecule has 1 aromatic carbocycles. The first-order valence-electron chi connectivity index (χ1n) is 6.10. The molecule has 0 heterocycles. The zero-order valence-corrected chi connectivity index (χ0v) is 13.3. The molecule has 0 spiro atoms. The summed E-state index contributed by atoms with van der Waals surface area (Å²) in [7, 11) is 1.46. The largest absolute Gasteiger partial charge is 0.495 e.